The predicted molar refractivity (Wildman–Crippen MR) is 77.5 cm³/mol. The summed E-state index contributed by atoms with van der Waals surface area (Å²) in [6, 6.07) is 7.50. The number of H-pyrrole nitrogens is 1. The van der Waals surface area contributed by atoms with Gasteiger partial charge in [-0.25, -0.2) is 0 Å². The van der Waals surface area contributed by atoms with Gasteiger partial charge in [0, 0.05) is 6.54 Å². The average molecular weight is 262 g/mol. The summed E-state index contributed by atoms with van der Waals surface area (Å²) in [5, 5.41) is 0.706. The molecule has 0 unspecified atom stereocenters. The molecule has 0 aliphatic heterocycles. The van der Waals surface area contributed by atoms with E-state index in [4.69, 9.17) is 12.2 Å². The maximum atomic E-state index is 12.4. The number of hydrogen-bond acceptors (Lipinski definition) is 2. The number of aromatic amines is 1. The maximum absolute atomic E-state index is 12.4. The molecule has 0 amide bonds. The Labute approximate surface area is 111 Å². The first kappa shape index (κ1) is 13.0. The third kappa shape index (κ3) is 2.38. The Balaban J connectivity index is 2.58. The topological polar surface area (TPSA) is 37.8 Å². The SMILES string of the molecule is CCC(CC)Cn1c(=S)[nH]c2ccccc2c1=O. The number of rotatable bonds is 4. The van der Waals surface area contributed by atoms with Crippen LogP contribution in [0.25, 0.3) is 10.9 Å². The summed E-state index contributed by atoms with van der Waals surface area (Å²) < 4.78 is 2.21. The molecule has 0 saturated heterocycles. The second-order valence-corrected chi connectivity index (χ2v) is 4.96. The highest BCUT2D eigenvalue weighted by atomic mass is 32.1. The van der Waals surface area contributed by atoms with Gasteiger partial charge in [-0.15, -0.1) is 0 Å². The fourth-order valence-corrected chi connectivity index (χ4v) is 2.44. The number of benzene rings is 1. The van der Waals surface area contributed by atoms with Gasteiger partial charge in [-0.2, -0.15) is 0 Å². The molecule has 0 bridgehead atoms. The highest BCUT2D eigenvalue weighted by molar-refractivity contribution is 7.71. The van der Waals surface area contributed by atoms with Crippen LogP contribution in [0, 0.1) is 10.7 Å². The quantitative estimate of drug-likeness (QED) is 0.856. The van der Waals surface area contributed by atoms with Gasteiger partial charge in [-0.1, -0.05) is 38.8 Å². The molecule has 0 fully saturated rings. The lowest BCUT2D eigenvalue weighted by molar-refractivity contribution is 0.408. The van der Waals surface area contributed by atoms with Gasteiger partial charge in [0.2, 0.25) is 0 Å². The molecule has 1 N–H and O–H groups in total. The summed E-state index contributed by atoms with van der Waals surface area (Å²) in [5.74, 6) is 0.499. The third-order valence-corrected chi connectivity index (χ3v) is 3.81. The molecule has 0 radical (unpaired) electrons. The summed E-state index contributed by atoms with van der Waals surface area (Å²) in [6.07, 6.45) is 2.12. The van der Waals surface area contributed by atoms with Crippen molar-refractivity contribution < 1.29 is 0 Å². The van der Waals surface area contributed by atoms with Gasteiger partial charge in [0.05, 0.1) is 10.9 Å². The Bertz CT molecular complexity index is 653. The first-order chi connectivity index (χ1) is 8.67. The Morgan fingerprint density at radius 1 is 1.28 bits per heavy atom. The highest BCUT2D eigenvalue weighted by Crippen LogP contribution is 2.11. The lowest BCUT2D eigenvalue weighted by Crippen LogP contribution is -2.25. The molecule has 3 nitrogen and oxygen atoms in total. The lowest BCUT2D eigenvalue weighted by atomic mass is 10.0. The molecule has 1 aromatic carbocycles. The summed E-state index contributed by atoms with van der Waals surface area (Å²) in [7, 11) is 0. The second-order valence-electron chi connectivity index (χ2n) is 4.57. The zero-order valence-corrected chi connectivity index (χ0v) is 11.6. The van der Waals surface area contributed by atoms with Crippen molar-refractivity contribution in [3.63, 3.8) is 0 Å². The molecule has 0 aliphatic rings. The minimum Gasteiger partial charge on any atom is -0.332 e. The molecular formula is C14H18N2OS. The number of aromatic nitrogens is 2. The second kappa shape index (κ2) is 5.48. The number of nitrogens with zero attached hydrogens (tertiary/aromatic N) is 1. The van der Waals surface area contributed by atoms with Crippen LogP contribution in [-0.2, 0) is 6.54 Å². The van der Waals surface area contributed by atoms with Crippen molar-refractivity contribution in [3.05, 3.63) is 39.4 Å². The zero-order chi connectivity index (χ0) is 13.1. The first-order valence-corrected chi connectivity index (χ1v) is 6.80. The van der Waals surface area contributed by atoms with Gasteiger partial charge in [0.1, 0.15) is 0 Å². The summed E-state index contributed by atoms with van der Waals surface area (Å²) in [5.41, 5.74) is 0.828. The highest BCUT2D eigenvalue weighted by Gasteiger charge is 2.09. The van der Waals surface area contributed by atoms with E-state index in [0.717, 1.165) is 18.4 Å². The van der Waals surface area contributed by atoms with Gasteiger partial charge < -0.3 is 4.98 Å². The van der Waals surface area contributed by atoms with Crippen LogP contribution < -0.4 is 5.56 Å². The van der Waals surface area contributed by atoms with E-state index in [9.17, 15) is 4.79 Å². The number of hydrogen-bond donors (Lipinski definition) is 1. The molecule has 0 saturated carbocycles. The Morgan fingerprint density at radius 2 is 1.94 bits per heavy atom. The molecule has 0 atom stereocenters. The van der Waals surface area contributed by atoms with E-state index in [1.54, 1.807) is 4.57 Å². The van der Waals surface area contributed by atoms with Crippen molar-refractivity contribution in [3.8, 4) is 0 Å². The standard InChI is InChI=1S/C14H18N2OS/c1-3-10(4-2)9-16-13(17)11-7-5-6-8-12(11)15-14(16)18/h5-8,10H,3-4,9H2,1-2H3,(H,15,18). The summed E-state index contributed by atoms with van der Waals surface area (Å²) in [6.45, 7) is 4.99. The van der Waals surface area contributed by atoms with Crippen molar-refractivity contribution in [2.45, 2.75) is 33.2 Å². The van der Waals surface area contributed by atoms with Crippen LogP contribution in [0.2, 0.25) is 0 Å². The van der Waals surface area contributed by atoms with Gasteiger partial charge in [-0.3, -0.25) is 9.36 Å². The van der Waals surface area contributed by atoms with Crippen LogP contribution >= 0.6 is 12.2 Å². The average Bonchev–Trinajstić information content (AvgIpc) is 2.39. The van der Waals surface area contributed by atoms with E-state index in [1.807, 2.05) is 24.3 Å². The summed E-state index contributed by atoms with van der Waals surface area (Å²) in [4.78, 5) is 15.5. The molecular weight excluding hydrogens is 244 g/mol. The summed E-state index contributed by atoms with van der Waals surface area (Å²) >= 11 is 5.29. The van der Waals surface area contributed by atoms with Crippen LogP contribution in [0.1, 0.15) is 26.7 Å². The fourth-order valence-electron chi connectivity index (χ4n) is 2.17. The molecule has 2 aromatic rings. The van der Waals surface area contributed by atoms with Crippen LogP contribution in [0.4, 0.5) is 0 Å². The molecule has 4 heteroatoms. The molecule has 96 valence electrons. The smallest absolute Gasteiger partial charge is 0.262 e. The predicted octanol–water partition coefficient (Wildman–Crippen LogP) is 3.50. The molecule has 2 rings (SSSR count). The minimum atomic E-state index is 0.0150. The molecule has 1 heterocycles. The molecule has 0 spiro atoms. The van der Waals surface area contributed by atoms with Gasteiger partial charge in [0.25, 0.3) is 5.56 Å². The van der Waals surface area contributed by atoms with E-state index in [-0.39, 0.29) is 5.56 Å². The Hall–Kier alpha value is -1.42. The van der Waals surface area contributed by atoms with E-state index >= 15 is 0 Å². The van der Waals surface area contributed by atoms with Gasteiger partial charge in [0.15, 0.2) is 4.77 Å². The lowest BCUT2D eigenvalue weighted by Gasteiger charge is -2.14. The first-order valence-electron chi connectivity index (χ1n) is 6.39. The third-order valence-electron chi connectivity index (χ3n) is 3.48. The van der Waals surface area contributed by atoms with Gasteiger partial charge >= 0.3 is 0 Å². The van der Waals surface area contributed by atoms with Gasteiger partial charge in [-0.05, 0) is 30.3 Å². The van der Waals surface area contributed by atoms with Crippen molar-refractivity contribution in [2.24, 2.45) is 5.92 Å². The number of nitrogens with one attached hydrogen (secondary N) is 1. The molecule has 1 aromatic heterocycles. The molecule has 0 aliphatic carbocycles. The Morgan fingerprint density at radius 3 is 2.61 bits per heavy atom. The van der Waals surface area contributed by atoms with Crippen LogP contribution in [-0.4, -0.2) is 9.55 Å². The van der Waals surface area contributed by atoms with Crippen molar-refractivity contribution >= 4 is 23.1 Å². The monoisotopic (exact) mass is 262 g/mol. The minimum absolute atomic E-state index is 0.0150. The van der Waals surface area contributed by atoms with E-state index in [0.29, 0.717) is 22.6 Å². The van der Waals surface area contributed by atoms with Crippen molar-refractivity contribution in [1.82, 2.24) is 9.55 Å². The molecule has 18 heavy (non-hydrogen) atoms. The largest absolute Gasteiger partial charge is 0.332 e. The normalized spacial score (nSPS) is 11.3. The maximum Gasteiger partial charge on any atom is 0.262 e. The zero-order valence-electron chi connectivity index (χ0n) is 10.8. The fraction of sp³-hybridized carbons (Fsp3) is 0.429. The van der Waals surface area contributed by atoms with Crippen LogP contribution in [0.3, 0.4) is 0 Å². The van der Waals surface area contributed by atoms with Crippen molar-refractivity contribution in [2.75, 3.05) is 0 Å². The number of para-hydroxylation sites is 1. The van der Waals surface area contributed by atoms with E-state index in [2.05, 4.69) is 18.8 Å². The number of fused-ring (bicyclic) bond motifs is 1. The Kier molecular flexibility index (Phi) is 3.97. The van der Waals surface area contributed by atoms with Crippen LogP contribution in [0.15, 0.2) is 29.1 Å². The van der Waals surface area contributed by atoms with E-state index in [1.165, 1.54) is 0 Å². The van der Waals surface area contributed by atoms with Crippen LogP contribution in [0.5, 0.6) is 0 Å². The van der Waals surface area contributed by atoms with Crippen molar-refractivity contribution in [1.29, 1.82) is 0 Å². The van der Waals surface area contributed by atoms with E-state index < -0.39 is 0 Å².